The Morgan fingerprint density at radius 2 is 2.00 bits per heavy atom. The van der Waals surface area contributed by atoms with Crippen LogP contribution in [0.25, 0.3) is 0 Å². The molecule has 18 heavy (non-hydrogen) atoms. The molecule has 2 fully saturated rings. The number of morpholine rings is 1. The molecule has 1 saturated heterocycles. The molecule has 4 nitrogen and oxygen atoms in total. The second-order valence-corrected chi connectivity index (χ2v) is 6.02. The highest BCUT2D eigenvalue weighted by Crippen LogP contribution is 2.26. The molecule has 0 aromatic heterocycles. The van der Waals surface area contributed by atoms with Gasteiger partial charge in [0.1, 0.15) is 0 Å². The summed E-state index contributed by atoms with van der Waals surface area (Å²) in [6, 6.07) is 0. The van der Waals surface area contributed by atoms with Crippen molar-refractivity contribution in [1.29, 1.82) is 0 Å². The van der Waals surface area contributed by atoms with Crippen LogP contribution in [0, 0.1) is 0 Å². The summed E-state index contributed by atoms with van der Waals surface area (Å²) in [6.07, 6.45) is 7.06. The standard InChI is InChI=1S/C14H28N2O2/c1-16-8-9-18-13(11-16)10-15-12-14(17)6-4-2-3-5-7-14/h13,15,17H,2-12H2,1H3. The first-order valence-corrected chi connectivity index (χ1v) is 7.41. The number of ether oxygens (including phenoxy) is 1. The molecule has 1 heterocycles. The van der Waals surface area contributed by atoms with Gasteiger partial charge in [-0.25, -0.2) is 0 Å². The van der Waals surface area contributed by atoms with Crippen LogP contribution in [0.1, 0.15) is 38.5 Å². The van der Waals surface area contributed by atoms with E-state index in [1.165, 1.54) is 25.7 Å². The normalized spacial score (nSPS) is 30.0. The molecule has 0 amide bonds. The van der Waals surface area contributed by atoms with Gasteiger partial charge in [-0.1, -0.05) is 25.7 Å². The Morgan fingerprint density at radius 1 is 1.28 bits per heavy atom. The molecule has 4 heteroatoms. The van der Waals surface area contributed by atoms with Gasteiger partial charge in [0.15, 0.2) is 0 Å². The van der Waals surface area contributed by atoms with E-state index in [2.05, 4.69) is 17.3 Å². The van der Waals surface area contributed by atoms with Gasteiger partial charge in [0.05, 0.1) is 18.3 Å². The third-order valence-corrected chi connectivity index (χ3v) is 4.20. The molecule has 0 radical (unpaired) electrons. The Hall–Kier alpha value is -0.160. The van der Waals surface area contributed by atoms with Crippen LogP contribution in [0.2, 0.25) is 0 Å². The summed E-state index contributed by atoms with van der Waals surface area (Å²) in [5.74, 6) is 0. The smallest absolute Gasteiger partial charge is 0.0826 e. The topological polar surface area (TPSA) is 44.7 Å². The SMILES string of the molecule is CN1CCOC(CNCC2(O)CCCCCC2)C1. The molecule has 0 spiro atoms. The Morgan fingerprint density at radius 3 is 2.67 bits per heavy atom. The Balaban J connectivity index is 1.67. The minimum absolute atomic E-state index is 0.276. The summed E-state index contributed by atoms with van der Waals surface area (Å²) in [5.41, 5.74) is -0.475. The van der Waals surface area contributed by atoms with Gasteiger partial charge < -0.3 is 20.1 Å². The van der Waals surface area contributed by atoms with Crippen LogP contribution in [-0.2, 0) is 4.74 Å². The van der Waals surface area contributed by atoms with E-state index in [-0.39, 0.29) is 6.10 Å². The number of hydrogen-bond acceptors (Lipinski definition) is 4. The van der Waals surface area contributed by atoms with E-state index in [9.17, 15) is 5.11 Å². The third-order valence-electron chi connectivity index (χ3n) is 4.20. The molecule has 1 aliphatic heterocycles. The van der Waals surface area contributed by atoms with Crippen LogP contribution < -0.4 is 5.32 Å². The Bertz CT molecular complexity index is 240. The van der Waals surface area contributed by atoms with Gasteiger partial charge in [0, 0.05) is 26.2 Å². The minimum Gasteiger partial charge on any atom is -0.389 e. The maximum absolute atomic E-state index is 10.5. The van der Waals surface area contributed by atoms with E-state index in [1.807, 2.05) is 0 Å². The summed E-state index contributed by atoms with van der Waals surface area (Å²) in [7, 11) is 2.13. The first-order chi connectivity index (χ1) is 8.68. The molecule has 1 aliphatic carbocycles. The zero-order valence-electron chi connectivity index (χ0n) is 11.7. The monoisotopic (exact) mass is 256 g/mol. The summed E-state index contributed by atoms with van der Waals surface area (Å²) < 4.78 is 5.71. The number of likely N-dealkylation sites (N-methyl/N-ethyl adjacent to an activating group) is 1. The fraction of sp³-hybridized carbons (Fsp3) is 1.00. The van der Waals surface area contributed by atoms with Gasteiger partial charge in [-0.15, -0.1) is 0 Å². The van der Waals surface area contributed by atoms with Gasteiger partial charge in [-0.05, 0) is 19.9 Å². The number of nitrogens with one attached hydrogen (secondary N) is 1. The number of aliphatic hydroxyl groups is 1. The highest BCUT2D eigenvalue weighted by molar-refractivity contribution is 4.84. The fourth-order valence-corrected chi connectivity index (χ4v) is 3.02. The van der Waals surface area contributed by atoms with Crippen molar-refractivity contribution in [3.05, 3.63) is 0 Å². The molecule has 1 atom stereocenters. The second-order valence-electron chi connectivity index (χ2n) is 6.02. The predicted octanol–water partition coefficient (Wildman–Crippen LogP) is 0.992. The van der Waals surface area contributed by atoms with Crippen molar-refractivity contribution in [2.75, 3.05) is 39.8 Å². The quantitative estimate of drug-likeness (QED) is 0.736. The summed E-state index contributed by atoms with van der Waals surface area (Å²) in [6.45, 7) is 4.42. The van der Waals surface area contributed by atoms with Crippen molar-refractivity contribution in [3.8, 4) is 0 Å². The second kappa shape index (κ2) is 6.85. The van der Waals surface area contributed by atoms with Crippen LogP contribution in [0.15, 0.2) is 0 Å². The average Bonchev–Trinajstić information content (AvgIpc) is 2.55. The number of nitrogens with zero attached hydrogens (tertiary/aromatic N) is 1. The zero-order valence-corrected chi connectivity index (χ0v) is 11.7. The molecule has 106 valence electrons. The molecule has 0 aromatic carbocycles. The van der Waals surface area contributed by atoms with E-state index < -0.39 is 5.60 Å². The fourth-order valence-electron chi connectivity index (χ4n) is 3.02. The number of rotatable bonds is 4. The van der Waals surface area contributed by atoms with E-state index in [0.29, 0.717) is 0 Å². The minimum atomic E-state index is -0.475. The predicted molar refractivity (Wildman–Crippen MR) is 72.8 cm³/mol. The highest BCUT2D eigenvalue weighted by Gasteiger charge is 2.28. The lowest BCUT2D eigenvalue weighted by Gasteiger charge is -2.32. The van der Waals surface area contributed by atoms with Crippen molar-refractivity contribution in [2.45, 2.75) is 50.2 Å². The van der Waals surface area contributed by atoms with E-state index >= 15 is 0 Å². The van der Waals surface area contributed by atoms with E-state index in [4.69, 9.17) is 4.74 Å². The lowest BCUT2D eigenvalue weighted by molar-refractivity contribution is -0.0243. The Kier molecular flexibility index (Phi) is 5.42. The molecule has 2 N–H and O–H groups in total. The summed E-state index contributed by atoms with van der Waals surface area (Å²) >= 11 is 0. The molecular weight excluding hydrogens is 228 g/mol. The maximum Gasteiger partial charge on any atom is 0.0826 e. The van der Waals surface area contributed by atoms with E-state index in [1.54, 1.807) is 0 Å². The van der Waals surface area contributed by atoms with Crippen LogP contribution in [0.4, 0.5) is 0 Å². The molecule has 2 aliphatic rings. The highest BCUT2D eigenvalue weighted by atomic mass is 16.5. The van der Waals surface area contributed by atoms with Gasteiger partial charge in [0.2, 0.25) is 0 Å². The van der Waals surface area contributed by atoms with Gasteiger partial charge in [0.25, 0.3) is 0 Å². The van der Waals surface area contributed by atoms with Crippen LogP contribution >= 0.6 is 0 Å². The zero-order chi connectivity index (χ0) is 12.8. The lowest BCUT2D eigenvalue weighted by Crippen LogP contribution is -2.48. The van der Waals surface area contributed by atoms with Crippen LogP contribution in [-0.4, -0.2) is 61.5 Å². The van der Waals surface area contributed by atoms with Gasteiger partial charge >= 0.3 is 0 Å². The summed E-state index contributed by atoms with van der Waals surface area (Å²) in [5, 5.41) is 13.9. The first kappa shape index (κ1) is 14.3. The van der Waals surface area contributed by atoms with E-state index in [0.717, 1.165) is 45.6 Å². The average molecular weight is 256 g/mol. The van der Waals surface area contributed by atoms with Crippen LogP contribution in [0.3, 0.4) is 0 Å². The van der Waals surface area contributed by atoms with Gasteiger partial charge in [-0.2, -0.15) is 0 Å². The van der Waals surface area contributed by atoms with Gasteiger partial charge in [-0.3, -0.25) is 0 Å². The van der Waals surface area contributed by atoms with Crippen molar-refractivity contribution >= 4 is 0 Å². The molecular formula is C14H28N2O2. The summed E-state index contributed by atoms with van der Waals surface area (Å²) in [4.78, 5) is 2.30. The van der Waals surface area contributed by atoms with Crippen LogP contribution in [0.5, 0.6) is 0 Å². The third kappa shape index (κ3) is 4.50. The maximum atomic E-state index is 10.5. The largest absolute Gasteiger partial charge is 0.389 e. The van der Waals surface area contributed by atoms with Crippen molar-refractivity contribution in [3.63, 3.8) is 0 Å². The molecule has 0 aromatic rings. The van der Waals surface area contributed by atoms with Crippen molar-refractivity contribution in [2.24, 2.45) is 0 Å². The Labute approximate surface area is 111 Å². The first-order valence-electron chi connectivity index (χ1n) is 7.41. The molecule has 0 bridgehead atoms. The molecule has 2 rings (SSSR count). The van der Waals surface area contributed by atoms with Crippen molar-refractivity contribution < 1.29 is 9.84 Å². The number of hydrogen-bond donors (Lipinski definition) is 2. The lowest BCUT2D eigenvalue weighted by atomic mass is 9.94. The van der Waals surface area contributed by atoms with Crippen molar-refractivity contribution in [1.82, 2.24) is 10.2 Å². The molecule has 1 saturated carbocycles. The molecule has 1 unspecified atom stereocenters.